The van der Waals surface area contributed by atoms with Crippen molar-refractivity contribution in [3.05, 3.63) is 91.0 Å². The maximum absolute atomic E-state index is 12.6. The zero-order valence-corrected chi connectivity index (χ0v) is 16.5. The number of rotatable bonds is 6. The maximum Gasteiger partial charge on any atom is 0.308 e. The third-order valence-electron chi connectivity index (χ3n) is 5.62. The molecule has 0 amide bonds. The van der Waals surface area contributed by atoms with Crippen molar-refractivity contribution in [3.8, 4) is 0 Å². The monoisotopic (exact) mass is 372 g/mol. The molecule has 136 valence electrons. The molecule has 0 radical (unpaired) electrons. The van der Waals surface area contributed by atoms with Crippen molar-refractivity contribution in [1.82, 2.24) is 0 Å². The van der Waals surface area contributed by atoms with Crippen LogP contribution < -0.4 is 15.6 Å². The number of carbonyl (C=O) groups is 1. The van der Waals surface area contributed by atoms with Crippen LogP contribution in [0.15, 0.2) is 91.0 Å². The van der Waals surface area contributed by atoms with Gasteiger partial charge in [-0.05, 0) is 34.4 Å². The highest BCUT2D eigenvalue weighted by Gasteiger charge is 2.60. The minimum Gasteiger partial charge on any atom is -0.466 e. The Balaban J connectivity index is 1.93. The fourth-order valence-electron chi connectivity index (χ4n) is 4.43. The normalized spacial score (nSPS) is 18.7. The van der Waals surface area contributed by atoms with Crippen molar-refractivity contribution in [2.24, 2.45) is 5.92 Å². The summed E-state index contributed by atoms with van der Waals surface area (Å²) in [5.41, 5.74) is 0.323. The molecule has 27 heavy (non-hydrogen) atoms. The lowest BCUT2D eigenvalue weighted by Crippen LogP contribution is -2.68. The lowest BCUT2D eigenvalue weighted by molar-refractivity contribution is -0.144. The molecule has 3 heteroatoms. The zero-order chi connectivity index (χ0) is 18.7. The molecule has 0 spiro atoms. The van der Waals surface area contributed by atoms with Crippen LogP contribution in [0.2, 0.25) is 5.54 Å². The molecule has 0 unspecified atom stereocenters. The standard InChI is InChI=1S/C24H24O2Si/c1-2-26-24(25)22-18-23(22)27(19-12-6-3-7-13-19,20-14-8-4-9-15-20)21-16-10-5-11-17-21/h3-17,22-23H,2,18H2,1H3/t22-,23+/m0/s1. The highest BCUT2D eigenvalue weighted by molar-refractivity contribution is 7.13. The summed E-state index contributed by atoms with van der Waals surface area (Å²) in [6, 6.07) is 32.3. The van der Waals surface area contributed by atoms with E-state index in [4.69, 9.17) is 4.74 Å². The van der Waals surface area contributed by atoms with Gasteiger partial charge in [-0.1, -0.05) is 91.0 Å². The van der Waals surface area contributed by atoms with Crippen LogP contribution in [-0.4, -0.2) is 20.7 Å². The fraction of sp³-hybridized carbons (Fsp3) is 0.208. The summed E-state index contributed by atoms with van der Waals surface area (Å²) in [6.45, 7) is 2.32. The van der Waals surface area contributed by atoms with Gasteiger partial charge < -0.3 is 4.74 Å². The molecule has 3 aromatic rings. The van der Waals surface area contributed by atoms with Gasteiger partial charge in [0.25, 0.3) is 0 Å². The van der Waals surface area contributed by atoms with Crippen LogP contribution in [0.5, 0.6) is 0 Å². The minimum atomic E-state index is -2.35. The smallest absolute Gasteiger partial charge is 0.308 e. The average Bonchev–Trinajstić information content (AvgIpc) is 3.53. The van der Waals surface area contributed by atoms with Crippen LogP contribution in [0.25, 0.3) is 0 Å². The van der Waals surface area contributed by atoms with E-state index in [-0.39, 0.29) is 11.9 Å². The largest absolute Gasteiger partial charge is 0.466 e. The molecular formula is C24H24O2Si. The van der Waals surface area contributed by atoms with Crippen molar-refractivity contribution in [2.75, 3.05) is 6.61 Å². The predicted octanol–water partition coefficient (Wildman–Crippen LogP) is 3.11. The fourth-order valence-corrected chi connectivity index (χ4v) is 10.2. The van der Waals surface area contributed by atoms with E-state index in [9.17, 15) is 4.79 Å². The van der Waals surface area contributed by atoms with Gasteiger partial charge in [0.05, 0.1) is 12.5 Å². The molecule has 2 nitrogen and oxygen atoms in total. The van der Waals surface area contributed by atoms with E-state index in [0.29, 0.717) is 12.1 Å². The molecule has 4 rings (SSSR count). The number of hydrogen-bond donors (Lipinski definition) is 0. The minimum absolute atomic E-state index is 0.00256. The lowest BCUT2D eigenvalue weighted by atomic mass is 10.3. The van der Waals surface area contributed by atoms with E-state index in [1.165, 1.54) is 15.6 Å². The van der Waals surface area contributed by atoms with E-state index in [2.05, 4.69) is 91.0 Å². The molecule has 0 aromatic heterocycles. The van der Waals surface area contributed by atoms with E-state index >= 15 is 0 Å². The molecule has 3 aromatic carbocycles. The van der Waals surface area contributed by atoms with Crippen molar-refractivity contribution < 1.29 is 9.53 Å². The van der Waals surface area contributed by atoms with E-state index < -0.39 is 8.07 Å². The number of carbonyl (C=O) groups excluding carboxylic acids is 1. The molecular weight excluding hydrogens is 348 g/mol. The van der Waals surface area contributed by atoms with Crippen LogP contribution in [0.4, 0.5) is 0 Å². The quantitative estimate of drug-likeness (QED) is 0.378. The van der Waals surface area contributed by atoms with Crippen LogP contribution in [-0.2, 0) is 9.53 Å². The Bertz CT molecular complexity index is 797. The van der Waals surface area contributed by atoms with Crippen molar-refractivity contribution in [1.29, 1.82) is 0 Å². The second-order valence-electron chi connectivity index (χ2n) is 7.11. The summed E-state index contributed by atoms with van der Waals surface area (Å²) in [7, 11) is -2.35. The van der Waals surface area contributed by atoms with Gasteiger partial charge in [-0.15, -0.1) is 0 Å². The second kappa shape index (κ2) is 7.53. The zero-order valence-electron chi connectivity index (χ0n) is 15.5. The summed E-state index contributed by atoms with van der Waals surface area (Å²) < 4.78 is 5.38. The van der Waals surface area contributed by atoms with E-state index in [1.54, 1.807) is 0 Å². The van der Waals surface area contributed by atoms with Crippen LogP contribution in [0, 0.1) is 5.92 Å². The van der Waals surface area contributed by atoms with E-state index in [1.807, 2.05) is 6.92 Å². The van der Waals surface area contributed by atoms with Crippen LogP contribution in [0.3, 0.4) is 0 Å². The molecule has 1 fully saturated rings. The molecule has 1 aliphatic carbocycles. The molecule has 0 aliphatic heterocycles. The summed E-state index contributed by atoms with van der Waals surface area (Å²) in [5, 5.41) is 4.08. The van der Waals surface area contributed by atoms with Crippen molar-refractivity contribution >= 4 is 29.6 Å². The second-order valence-corrected chi connectivity index (χ2v) is 11.2. The predicted molar refractivity (Wildman–Crippen MR) is 112 cm³/mol. The average molecular weight is 373 g/mol. The SMILES string of the molecule is CCOC(=O)[C@H]1C[C@H]1[Si](c1ccccc1)(c1ccccc1)c1ccccc1. The number of benzene rings is 3. The number of hydrogen-bond acceptors (Lipinski definition) is 2. The number of ether oxygens (including phenoxy) is 1. The third-order valence-corrected chi connectivity index (χ3v) is 11.1. The van der Waals surface area contributed by atoms with Gasteiger partial charge in [-0.3, -0.25) is 4.79 Å². The molecule has 0 bridgehead atoms. The topological polar surface area (TPSA) is 26.3 Å². The summed E-state index contributed by atoms with van der Waals surface area (Å²) in [6.07, 6.45) is 0.906. The highest BCUT2D eigenvalue weighted by atomic mass is 28.3. The first-order valence-corrected chi connectivity index (χ1v) is 11.7. The van der Waals surface area contributed by atoms with Crippen molar-refractivity contribution in [2.45, 2.75) is 18.9 Å². The van der Waals surface area contributed by atoms with Gasteiger partial charge in [0.1, 0.15) is 0 Å². The summed E-state index contributed by atoms with van der Waals surface area (Å²) in [5.74, 6) is -0.0422. The Morgan fingerprint density at radius 3 is 1.59 bits per heavy atom. The summed E-state index contributed by atoms with van der Waals surface area (Å²) >= 11 is 0. The first-order chi connectivity index (χ1) is 13.3. The van der Waals surface area contributed by atoms with Crippen LogP contribution in [0.1, 0.15) is 13.3 Å². The van der Waals surface area contributed by atoms with Gasteiger partial charge >= 0.3 is 5.97 Å². The first-order valence-electron chi connectivity index (χ1n) is 9.61. The Morgan fingerprint density at radius 2 is 1.22 bits per heavy atom. The Labute approximate surface area is 161 Å². The van der Waals surface area contributed by atoms with Gasteiger partial charge in [-0.2, -0.15) is 0 Å². The van der Waals surface area contributed by atoms with Gasteiger partial charge in [0.2, 0.25) is 0 Å². The third kappa shape index (κ3) is 3.13. The van der Waals surface area contributed by atoms with Gasteiger partial charge in [0.15, 0.2) is 8.07 Å². The molecule has 2 atom stereocenters. The molecule has 0 heterocycles. The number of esters is 1. The Hall–Kier alpha value is -2.65. The summed E-state index contributed by atoms with van der Waals surface area (Å²) in [4.78, 5) is 12.6. The Morgan fingerprint density at radius 1 is 0.815 bits per heavy atom. The molecule has 1 aliphatic rings. The lowest BCUT2D eigenvalue weighted by Gasteiger charge is -2.34. The van der Waals surface area contributed by atoms with Gasteiger partial charge in [0, 0.05) is 0 Å². The molecule has 1 saturated carbocycles. The maximum atomic E-state index is 12.6. The first kappa shape index (κ1) is 17.7. The highest BCUT2D eigenvalue weighted by Crippen LogP contribution is 2.51. The Kier molecular flexibility index (Phi) is 4.95. The van der Waals surface area contributed by atoms with Gasteiger partial charge in [-0.25, -0.2) is 0 Å². The molecule has 0 N–H and O–H groups in total. The van der Waals surface area contributed by atoms with Crippen molar-refractivity contribution in [3.63, 3.8) is 0 Å². The molecule has 0 saturated heterocycles. The van der Waals surface area contributed by atoms with Crippen LogP contribution >= 0.6 is 0 Å². The van der Waals surface area contributed by atoms with E-state index in [0.717, 1.165) is 6.42 Å².